The molecule has 9 nitrogen and oxygen atoms in total. The van der Waals surface area contributed by atoms with Gasteiger partial charge in [-0.05, 0) is 24.3 Å². The predicted octanol–water partition coefficient (Wildman–Crippen LogP) is 1.10. The molecule has 0 unspecified atom stereocenters. The predicted molar refractivity (Wildman–Crippen MR) is 96.4 cm³/mol. The molecule has 0 aliphatic heterocycles. The van der Waals surface area contributed by atoms with Crippen LogP contribution in [0.2, 0.25) is 0 Å². The highest BCUT2D eigenvalue weighted by Crippen LogP contribution is 2.27. The van der Waals surface area contributed by atoms with Crippen molar-refractivity contribution in [3.63, 3.8) is 0 Å². The molecule has 136 valence electrons. The number of aromatic amines is 1. The summed E-state index contributed by atoms with van der Waals surface area (Å²) in [5.74, 6) is 0.266. The standard InChI is InChI=1S/C17H18N4O5/c1-20-13-11(16(23)26-4)14(18-9-5-7-10(25-3)8-6-9)19-12(13)15(22)21(2)17(20)24/h5-8,18-19H,1-4H3. The van der Waals surface area contributed by atoms with E-state index >= 15 is 0 Å². The molecular formula is C17H18N4O5. The molecule has 0 aliphatic carbocycles. The van der Waals surface area contributed by atoms with Gasteiger partial charge in [-0.3, -0.25) is 13.9 Å². The second-order valence-electron chi connectivity index (χ2n) is 5.65. The van der Waals surface area contributed by atoms with E-state index in [4.69, 9.17) is 9.47 Å². The van der Waals surface area contributed by atoms with Crippen LogP contribution in [0.3, 0.4) is 0 Å². The van der Waals surface area contributed by atoms with E-state index in [0.717, 1.165) is 4.57 Å². The van der Waals surface area contributed by atoms with Crippen LogP contribution in [-0.4, -0.2) is 34.3 Å². The van der Waals surface area contributed by atoms with E-state index < -0.39 is 17.2 Å². The fourth-order valence-electron chi connectivity index (χ4n) is 2.77. The van der Waals surface area contributed by atoms with Gasteiger partial charge in [-0.1, -0.05) is 0 Å². The summed E-state index contributed by atoms with van der Waals surface area (Å²) in [6.07, 6.45) is 0. The molecule has 1 aromatic carbocycles. The zero-order valence-electron chi connectivity index (χ0n) is 14.7. The number of aryl methyl sites for hydroxylation is 1. The van der Waals surface area contributed by atoms with Gasteiger partial charge >= 0.3 is 11.7 Å². The van der Waals surface area contributed by atoms with Gasteiger partial charge in [0.15, 0.2) is 0 Å². The highest BCUT2D eigenvalue weighted by molar-refractivity contribution is 6.08. The average Bonchev–Trinajstić information content (AvgIpc) is 3.03. The van der Waals surface area contributed by atoms with E-state index in [9.17, 15) is 14.4 Å². The molecule has 0 saturated heterocycles. The van der Waals surface area contributed by atoms with Crippen LogP contribution in [0.5, 0.6) is 5.75 Å². The molecule has 9 heteroatoms. The van der Waals surface area contributed by atoms with E-state index in [1.165, 1.54) is 25.8 Å². The van der Waals surface area contributed by atoms with Crippen LogP contribution in [0, 0.1) is 0 Å². The molecule has 0 saturated carbocycles. The molecule has 2 aromatic heterocycles. The lowest BCUT2D eigenvalue weighted by atomic mass is 10.2. The molecular weight excluding hydrogens is 340 g/mol. The number of benzene rings is 1. The van der Waals surface area contributed by atoms with Crippen LogP contribution >= 0.6 is 0 Å². The van der Waals surface area contributed by atoms with E-state index in [-0.39, 0.29) is 22.4 Å². The third kappa shape index (κ3) is 2.63. The average molecular weight is 358 g/mol. The minimum absolute atomic E-state index is 0.0793. The van der Waals surface area contributed by atoms with Gasteiger partial charge in [0.2, 0.25) is 0 Å². The second kappa shape index (κ2) is 6.43. The summed E-state index contributed by atoms with van der Waals surface area (Å²) in [5, 5.41) is 3.05. The minimum atomic E-state index is -0.671. The minimum Gasteiger partial charge on any atom is -0.497 e. The lowest BCUT2D eigenvalue weighted by Crippen LogP contribution is -2.37. The van der Waals surface area contributed by atoms with Crippen LogP contribution in [0.1, 0.15) is 10.4 Å². The Hall–Kier alpha value is -3.49. The zero-order chi connectivity index (χ0) is 19.0. The van der Waals surface area contributed by atoms with Gasteiger partial charge < -0.3 is 19.8 Å². The van der Waals surface area contributed by atoms with Crippen molar-refractivity contribution in [3.05, 3.63) is 50.7 Å². The van der Waals surface area contributed by atoms with Gasteiger partial charge in [0, 0.05) is 19.8 Å². The molecule has 0 bridgehead atoms. The third-order valence-corrected chi connectivity index (χ3v) is 4.15. The molecule has 0 radical (unpaired) electrons. The van der Waals surface area contributed by atoms with Crippen molar-refractivity contribution in [2.75, 3.05) is 19.5 Å². The first-order valence-corrected chi connectivity index (χ1v) is 7.70. The fourth-order valence-corrected chi connectivity index (χ4v) is 2.77. The van der Waals surface area contributed by atoms with Crippen molar-refractivity contribution in [2.24, 2.45) is 14.1 Å². The van der Waals surface area contributed by atoms with E-state index in [1.54, 1.807) is 31.4 Å². The summed E-state index contributed by atoms with van der Waals surface area (Å²) in [6.45, 7) is 0. The number of anilines is 2. The largest absolute Gasteiger partial charge is 0.497 e. The second-order valence-corrected chi connectivity index (χ2v) is 5.65. The number of carbonyl (C=O) groups is 1. The Bertz CT molecular complexity index is 1110. The number of fused-ring (bicyclic) bond motifs is 1. The molecule has 0 amide bonds. The molecule has 2 heterocycles. The van der Waals surface area contributed by atoms with Crippen LogP contribution in [-0.2, 0) is 18.8 Å². The maximum absolute atomic E-state index is 12.4. The number of aromatic nitrogens is 3. The Labute approximate surface area is 147 Å². The van der Waals surface area contributed by atoms with Crippen molar-refractivity contribution in [1.29, 1.82) is 0 Å². The Morgan fingerprint density at radius 3 is 2.31 bits per heavy atom. The maximum Gasteiger partial charge on any atom is 0.343 e. The van der Waals surface area contributed by atoms with Crippen LogP contribution < -0.4 is 21.3 Å². The Kier molecular flexibility index (Phi) is 4.29. The number of hydrogen-bond acceptors (Lipinski definition) is 6. The van der Waals surface area contributed by atoms with Gasteiger partial charge in [0.1, 0.15) is 22.6 Å². The number of H-pyrrole nitrogens is 1. The summed E-state index contributed by atoms with van der Waals surface area (Å²) in [7, 11) is 5.66. The van der Waals surface area contributed by atoms with Gasteiger partial charge in [-0.25, -0.2) is 9.59 Å². The number of nitrogens with one attached hydrogen (secondary N) is 2. The van der Waals surface area contributed by atoms with Crippen LogP contribution in [0.4, 0.5) is 11.5 Å². The summed E-state index contributed by atoms with van der Waals surface area (Å²) in [5.41, 5.74) is -0.0226. The lowest BCUT2D eigenvalue weighted by Gasteiger charge is -2.08. The van der Waals surface area contributed by atoms with Crippen molar-refractivity contribution in [2.45, 2.75) is 0 Å². The third-order valence-electron chi connectivity index (χ3n) is 4.15. The van der Waals surface area contributed by atoms with Crippen LogP contribution in [0.25, 0.3) is 11.0 Å². The number of methoxy groups -OCH3 is 2. The quantitative estimate of drug-likeness (QED) is 0.677. The molecule has 0 spiro atoms. The SMILES string of the molecule is COC(=O)c1c(Nc2ccc(OC)cc2)[nH]c2c(=O)n(C)c(=O)n(C)c12. The molecule has 3 aromatic rings. The van der Waals surface area contributed by atoms with Crippen molar-refractivity contribution >= 4 is 28.5 Å². The topological polar surface area (TPSA) is 107 Å². The maximum atomic E-state index is 12.4. The highest BCUT2D eigenvalue weighted by atomic mass is 16.5. The number of rotatable bonds is 4. The van der Waals surface area contributed by atoms with E-state index in [1.807, 2.05) is 0 Å². The molecule has 0 aliphatic rings. The number of nitrogens with zero attached hydrogens (tertiary/aromatic N) is 2. The summed E-state index contributed by atoms with van der Waals surface area (Å²) in [4.78, 5) is 39.9. The molecule has 0 fully saturated rings. The highest BCUT2D eigenvalue weighted by Gasteiger charge is 2.24. The molecule has 26 heavy (non-hydrogen) atoms. The summed E-state index contributed by atoms with van der Waals surface area (Å²) in [6, 6.07) is 7.00. The molecule has 2 N–H and O–H groups in total. The smallest absolute Gasteiger partial charge is 0.343 e. The number of esters is 1. The number of carbonyl (C=O) groups excluding carboxylic acids is 1. The number of hydrogen-bond donors (Lipinski definition) is 2. The van der Waals surface area contributed by atoms with E-state index in [0.29, 0.717) is 11.4 Å². The summed E-state index contributed by atoms with van der Waals surface area (Å²) >= 11 is 0. The first kappa shape index (κ1) is 17.3. The summed E-state index contributed by atoms with van der Waals surface area (Å²) < 4.78 is 12.2. The molecule has 0 atom stereocenters. The fraction of sp³-hybridized carbons (Fsp3) is 0.235. The van der Waals surface area contributed by atoms with Crippen molar-refractivity contribution in [3.8, 4) is 5.75 Å². The zero-order valence-corrected chi connectivity index (χ0v) is 14.7. The first-order chi connectivity index (χ1) is 12.4. The van der Waals surface area contributed by atoms with Gasteiger partial charge in [0.05, 0.1) is 19.7 Å². The van der Waals surface area contributed by atoms with Crippen molar-refractivity contribution in [1.82, 2.24) is 14.1 Å². The Morgan fingerprint density at radius 2 is 1.73 bits per heavy atom. The Morgan fingerprint density at radius 1 is 1.08 bits per heavy atom. The normalized spacial score (nSPS) is 10.8. The lowest BCUT2D eigenvalue weighted by molar-refractivity contribution is 0.0603. The van der Waals surface area contributed by atoms with Crippen molar-refractivity contribution < 1.29 is 14.3 Å². The van der Waals surface area contributed by atoms with Gasteiger partial charge in [-0.15, -0.1) is 0 Å². The number of ether oxygens (including phenoxy) is 2. The monoisotopic (exact) mass is 358 g/mol. The first-order valence-electron chi connectivity index (χ1n) is 7.70. The van der Waals surface area contributed by atoms with Crippen LogP contribution in [0.15, 0.2) is 33.9 Å². The van der Waals surface area contributed by atoms with Gasteiger partial charge in [-0.2, -0.15) is 0 Å². The van der Waals surface area contributed by atoms with E-state index in [2.05, 4.69) is 10.3 Å². The Balaban J connectivity index is 2.25. The van der Waals surface area contributed by atoms with Gasteiger partial charge in [0.25, 0.3) is 5.56 Å². The molecule has 3 rings (SSSR count).